The van der Waals surface area contributed by atoms with E-state index in [4.69, 9.17) is 0 Å². The van der Waals surface area contributed by atoms with Crippen molar-refractivity contribution in [3.05, 3.63) is 41.0 Å². The molecule has 2 aromatic carbocycles. The van der Waals surface area contributed by atoms with Gasteiger partial charge in [-0.1, -0.05) is 25.5 Å². The lowest BCUT2D eigenvalue weighted by Gasteiger charge is -2.13. The number of phenolic OH excluding ortho intramolecular Hbond substituents is 1. The summed E-state index contributed by atoms with van der Waals surface area (Å²) in [7, 11) is 0. The number of carboxylic acids is 2. The van der Waals surface area contributed by atoms with Gasteiger partial charge in [0.1, 0.15) is 5.75 Å². The molecule has 0 atom stereocenters. The zero-order valence-corrected chi connectivity index (χ0v) is 11.6. The van der Waals surface area contributed by atoms with Crippen molar-refractivity contribution >= 4 is 22.7 Å². The summed E-state index contributed by atoms with van der Waals surface area (Å²) in [6.07, 6.45) is 2.12. The van der Waals surface area contributed by atoms with Gasteiger partial charge in [-0.05, 0) is 30.5 Å². The molecular formula is C16H16O5. The molecule has 0 saturated heterocycles. The average Bonchev–Trinajstić information content (AvgIpc) is 2.44. The number of aryl methyl sites for hydroxylation is 1. The van der Waals surface area contributed by atoms with Crippen molar-refractivity contribution in [3.8, 4) is 5.75 Å². The lowest BCUT2D eigenvalue weighted by Crippen LogP contribution is -2.08. The van der Waals surface area contributed by atoms with E-state index in [0.717, 1.165) is 12.8 Å². The van der Waals surface area contributed by atoms with E-state index in [2.05, 4.69) is 0 Å². The molecule has 0 amide bonds. The molecule has 21 heavy (non-hydrogen) atoms. The Morgan fingerprint density at radius 1 is 1.14 bits per heavy atom. The van der Waals surface area contributed by atoms with Crippen LogP contribution in [-0.4, -0.2) is 27.3 Å². The van der Waals surface area contributed by atoms with Crippen LogP contribution in [0, 0.1) is 0 Å². The molecule has 0 saturated carbocycles. The second-order valence-corrected chi connectivity index (χ2v) is 4.87. The highest BCUT2D eigenvalue weighted by Crippen LogP contribution is 2.34. The quantitative estimate of drug-likeness (QED) is 0.784. The maximum absolute atomic E-state index is 11.6. The zero-order valence-electron chi connectivity index (χ0n) is 11.6. The van der Waals surface area contributed by atoms with Crippen molar-refractivity contribution in [2.45, 2.75) is 26.2 Å². The van der Waals surface area contributed by atoms with E-state index in [1.807, 2.05) is 6.92 Å². The smallest absolute Gasteiger partial charge is 0.336 e. The summed E-state index contributed by atoms with van der Waals surface area (Å²) in [6, 6.07) is 5.78. The van der Waals surface area contributed by atoms with Crippen molar-refractivity contribution in [2.24, 2.45) is 0 Å². The topological polar surface area (TPSA) is 94.8 Å². The third-order valence-electron chi connectivity index (χ3n) is 3.47. The minimum absolute atomic E-state index is 0.0331. The second-order valence-electron chi connectivity index (χ2n) is 4.87. The van der Waals surface area contributed by atoms with Crippen LogP contribution in [0.2, 0.25) is 0 Å². The molecule has 3 N–H and O–H groups in total. The highest BCUT2D eigenvalue weighted by atomic mass is 16.4. The minimum Gasteiger partial charge on any atom is -0.507 e. The summed E-state index contributed by atoms with van der Waals surface area (Å²) in [5.41, 5.74) is 0.316. The van der Waals surface area contributed by atoms with Crippen LogP contribution < -0.4 is 0 Å². The first-order chi connectivity index (χ1) is 9.97. The number of carboxylic acid groups (broad SMARTS) is 2. The standard InChI is InChI=1S/C16H16O5/c1-2-3-5-9-8-12(17)10-6-4-7-11(15(18)19)14(10)13(9)16(20)21/h4,6-8,17H,2-3,5H2,1H3,(H,18,19)(H,20,21). The predicted octanol–water partition coefficient (Wildman–Crippen LogP) is 3.28. The number of hydrogen-bond acceptors (Lipinski definition) is 3. The van der Waals surface area contributed by atoms with E-state index < -0.39 is 11.9 Å². The molecule has 0 aliphatic carbocycles. The Balaban J connectivity index is 2.88. The van der Waals surface area contributed by atoms with E-state index in [9.17, 15) is 24.9 Å². The van der Waals surface area contributed by atoms with Crippen LogP contribution in [0.5, 0.6) is 5.75 Å². The number of phenols is 1. The number of carbonyl (C=O) groups is 2. The van der Waals surface area contributed by atoms with E-state index in [1.165, 1.54) is 24.3 Å². The highest BCUT2D eigenvalue weighted by molar-refractivity contribution is 6.14. The zero-order chi connectivity index (χ0) is 15.6. The van der Waals surface area contributed by atoms with Crippen LogP contribution in [0.4, 0.5) is 0 Å². The summed E-state index contributed by atoms with van der Waals surface area (Å²) in [5, 5.41) is 29.2. The highest BCUT2D eigenvalue weighted by Gasteiger charge is 2.21. The van der Waals surface area contributed by atoms with E-state index in [1.54, 1.807) is 0 Å². The normalized spacial score (nSPS) is 10.7. The number of hydrogen-bond donors (Lipinski definition) is 3. The van der Waals surface area contributed by atoms with Crippen LogP contribution in [0.25, 0.3) is 10.8 Å². The molecule has 5 heteroatoms. The van der Waals surface area contributed by atoms with Gasteiger partial charge >= 0.3 is 11.9 Å². The van der Waals surface area contributed by atoms with Gasteiger partial charge < -0.3 is 15.3 Å². The van der Waals surface area contributed by atoms with Gasteiger partial charge in [0.25, 0.3) is 0 Å². The molecule has 0 aliphatic heterocycles. The van der Waals surface area contributed by atoms with Gasteiger partial charge in [0.05, 0.1) is 11.1 Å². The van der Waals surface area contributed by atoms with Crippen LogP contribution in [-0.2, 0) is 6.42 Å². The number of benzene rings is 2. The Kier molecular flexibility index (Phi) is 4.12. The lowest BCUT2D eigenvalue weighted by molar-refractivity contribution is 0.0694. The first-order valence-corrected chi connectivity index (χ1v) is 6.71. The minimum atomic E-state index is -1.21. The van der Waals surface area contributed by atoms with Gasteiger partial charge in [-0.25, -0.2) is 9.59 Å². The Bertz CT molecular complexity index is 718. The molecule has 2 aromatic rings. The molecule has 2 rings (SSSR count). The van der Waals surface area contributed by atoms with Crippen molar-refractivity contribution in [2.75, 3.05) is 0 Å². The molecule has 0 heterocycles. The number of unbranched alkanes of at least 4 members (excludes halogenated alkanes) is 1. The fourth-order valence-electron chi connectivity index (χ4n) is 2.50. The molecule has 110 valence electrons. The summed E-state index contributed by atoms with van der Waals surface area (Å²) in [6.45, 7) is 1.98. The molecule has 0 bridgehead atoms. The fourth-order valence-corrected chi connectivity index (χ4v) is 2.50. The van der Waals surface area contributed by atoms with Gasteiger partial charge in [-0.3, -0.25) is 0 Å². The predicted molar refractivity (Wildman–Crippen MR) is 78.1 cm³/mol. The van der Waals surface area contributed by atoms with Crippen LogP contribution in [0.3, 0.4) is 0 Å². The molecular weight excluding hydrogens is 272 g/mol. The summed E-state index contributed by atoms with van der Waals surface area (Å²) < 4.78 is 0. The van der Waals surface area contributed by atoms with Crippen molar-refractivity contribution in [1.82, 2.24) is 0 Å². The average molecular weight is 288 g/mol. The van der Waals surface area contributed by atoms with Gasteiger partial charge in [0, 0.05) is 10.8 Å². The Morgan fingerprint density at radius 3 is 2.43 bits per heavy atom. The maximum Gasteiger partial charge on any atom is 0.336 e. The molecule has 0 unspecified atom stereocenters. The maximum atomic E-state index is 11.6. The molecule has 0 aromatic heterocycles. The van der Waals surface area contributed by atoms with Gasteiger partial charge in [-0.15, -0.1) is 0 Å². The largest absolute Gasteiger partial charge is 0.507 e. The first kappa shape index (κ1) is 14.8. The summed E-state index contributed by atoms with van der Waals surface area (Å²) in [5.74, 6) is -2.49. The van der Waals surface area contributed by atoms with Crippen LogP contribution in [0.15, 0.2) is 24.3 Å². The molecule has 0 fully saturated rings. The Hall–Kier alpha value is -2.56. The van der Waals surface area contributed by atoms with Crippen LogP contribution >= 0.6 is 0 Å². The second kappa shape index (κ2) is 5.83. The SMILES string of the molecule is CCCCc1cc(O)c2cccc(C(=O)O)c2c1C(=O)O. The van der Waals surface area contributed by atoms with Crippen LogP contribution in [0.1, 0.15) is 46.0 Å². The van der Waals surface area contributed by atoms with Gasteiger partial charge in [0.2, 0.25) is 0 Å². The third kappa shape index (κ3) is 2.67. The first-order valence-electron chi connectivity index (χ1n) is 6.71. The van der Waals surface area contributed by atoms with E-state index in [0.29, 0.717) is 12.0 Å². The molecule has 0 spiro atoms. The Labute approximate surface area is 121 Å². The number of rotatable bonds is 5. The summed E-state index contributed by atoms with van der Waals surface area (Å²) in [4.78, 5) is 23.0. The monoisotopic (exact) mass is 288 g/mol. The van der Waals surface area contributed by atoms with E-state index in [-0.39, 0.29) is 27.6 Å². The number of fused-ring (bicyclic) bond motifs is 1. The van der Waals surface area contributed by atoms with Gasteiger partial charge in [-0.2, -0.15) is 0 Å². The van der Waals surface area contributed by atoms with Crippen molar-refractivity contribution in [3.63, 3.8) is 0 Å². The molecule has 0 radical (unpaired) electrons. The van der Waals surface area contributed by atoms with Gasteiger partial charge in [0.15, 0.2) is 0 Å². The van der Waals surface area contributed by atoms with Crippen molar-refractivity contribution in [1.29, 1.82) is 0 Å². The molecule has 5 nitrogen and oxygen atoms in total. The molecule has 0 aliphatic rings. The van der Waals surface area contributed by atoms with E-state index >= 15 is 0 Å². The fraction of sp³-hybridized carbons (Fsp3) is 0.250. The van der Waals surface area contributed by atoms with Crippen molar-refractivity contribution < 1.29 is 24.9 Å². The summed E-state index contributed by atoms with van der Waals surface area (Å²) >= 11 is 0. The number of aromatic carboxylic acids is 2. The lowest BCUT2D eigenvalue weighted by atomic mass is 9.92. The Morgan fingerprint density at radius 2 is 1.86 bits per heavy atom. The third-order valence-corrected chi connectivity index (χ3v) is 3.47. The number of aromatic hydroxyl groups is 1.